The summed E-state index contributed by atoms with van der Waals surface area (Å²) in [6, 6.07) is 11.7. The third-order valence-corrected chi connectivity index (χ3v) is 5.37. The van der Waals surface area contributed by atoms with Crippen molar-refractivity contribution in [3.05, 3.63) is 77.6 Å². The summed E-state index contributed by atoms with van der Waals surface area (Å²) < 4.78 is 7.94. The van der Waals surface area contributed by atoms with Crippen molar-refractivity contribution >= 4 is 5.91 Å². The number of pyridine rings is 1. The van der Waals surface area contributed by atoms with Crippen LogP contribution in [0.1, 0.15) is 41.5 Å². The molecule has 1 aliphatic heterocycles. The highest BCUT2D eigenvalue weighted by molar-refractivity contribution is 5.78. The van der Waals surface area contributed by atoms with Gasteiger partial charge in [0.05, 0.1) is 12.6 Å². The molecule has 3 aromatic rings. The van der Waals surface area contributed by atoms with E-state index in [1.54, 1.807) is 6.20 Å². The Kier molecular flexibility index (Phi) is 5.60. The molecule has 29 heavy (non-hydrogen) atoms. The monoisotopic (exact) mass is 390 g/mol. The molecule has 1 amide bonds. The van der Waals surface area contributed by atoms with Gasteiger partial charge in [-0.05, 0) is 56.0 Å². The first-order valence-corrected chi connectivity index (χ1v) is 10.0. The van der Waals surface area contributed by atoms with Crippen LogP contribution in [0, 0.1) is 13.8 Å². The smallest absolute Gasteiger partial charge is 0.261 e. The van der Waals surface area contributed by atoms with Crippen molar-refractivity contribution < 1.29 is 9.53 Å². The minimum absolute atomic E-state index is 0.00240. The zero-order valence-electron chi connectivity index (χ0n) is 16.9. The number of benzene rings is 1. The van der Waals surface area contributed by atoms with E-state index in [2.05, 4.69) is 27.5 Å². The Labute approximate surface area is 171 Å². The number of hydrogen-bond acceptors (Lipinski definition) is 4. The van der Waals surface area contributed by atoms with Crippen LogP contribution in [0.25, 0.3) is 0 Å². The Morgan fingerprint density at radius 2 is 2.10 bits per heavy atom. The van der Waals surface area contributed by atoms with E-state index in [4.69, 9.17) is 4.74 Å². The Morgan fingerprint density at radius 1 is 1.21 bits per heavy atom. The number of aromatic nitrogens is 3. The molecule has 3 heterocycles. The summed E-state index contributed by atoms with van der Waals surface area (Å²) in [7, 11) is 0. The fourth-order valence-corrected chi connectivity index (χ4v) is 3.89. The second-order valence-corrected chi connectivity index (χ2v) is 7.56. The number of likely N-dealkylation sites (tertiary alicyclic amines) is 1. The highest BCUT2D eigenvalue weighted by Gasteiger charge is 2.33. The third-order valence-electron chi connectivity index (χ3n) is 5.37. The summed E-state index contributed by atoms with van der Waals surface area (Å²) in [6.45, 7) is 5.54. The van der Waals surface area contributed by atoms with E-state index in [-0.39, 0.29) is 18.6 Å². The fourth-order valence-electron chi connectivity index (χ4n) is 3.89. The second-order valence-electron chi connectivity index (χ2n) is 7.56. The Hall–Kier alpha value is -3.15. The van der Waals surface area contributed by atoms with Gasteiger partial charge in [-0.3, -0.25) is 9.78 Å². The van der Waals surface area contributed by atoms with Gasteiger partial charge in [-0.2, -0.15) is 0 Å². The first-order valence-electron chi connectivity index (χ1n) is 10.0. The van der Waals surface area contributed by atoms with Crippen LogP contribution < -0.4 is 4.74 Å². The molecule has 0 spiro atoms. The molecule has 0 saturated carbocycles. The molecule has 1 aromatic carbocycles. The van der Waals surface area contributed by atoms with E-state index in [9.17, 15) is 4.79 Å². The predicted molar refractivity (Wildman–Crippen MR) is 111 cm³/mol. The summed E-state index contributed by atoms with van der Waals surface area (Å²) in [5.74, 6) is 1.67. The van der Waals surface area contributed by atoms with Crippen LogP contribution >= 0.6 is 0 Å². The second kappa shape index (κ2) is 8.47. The van der Waals surface area contributed by atoms with Gasteiger partial charge in [-0.15, -0.1) is 0 Å². The van der Waals surface area contributed by atoms with E-state index in [0.717, 1.165) is 47.8 Å². The van der Waals surface area contributed by atoms with Gasteiger partial charge >= 0.3 is 0 Å². The number of rotatable bonds is 6. The zero-order valence-corrected chi connectivity index (χ0v) is 16.9. The lowest BCUT2D eigenvalue weighted by atomic mass is 10.2. The van der Waals surface area contributed by atoms with Gasteiger partial charge in [0.1, 0.15) is 11.6 Å². The molecule has 1 fully saturated rings. The van der Waals surface area contributed by atoms with Gasteiger partial charge in [0.25, 0.3) is 5.91 Å². The van der Waals surface area contributed by atoms with Gasteiger partial charge in [0.2, 0.25) is 0 Å². The topological polar surface area (TPSA) is 60.2 Å². The number of amides is 1. The molecule has 4 rings (SSSR count). The van der Waals surface area contributed by atoms with Crippen molar-refractivity contribution in [3.8, 4) is 5.75 Å². The standard InChI is InChI=1S/C23H26N4O2/c1-17-6-3-8-20(12-17)29-16-22(28)26-11-5-9-21(26)23-25-13-18(2)27(23)15-19-7-4-10-24-14-19/h3-4,6-8,10,12-14,21H,5,9,11,15-16H2,1-2H3. The van der Waals surface area contributed by atoms with Gasteiger partial charge in [-0.1, -0.05) is 18.2 Å². The van der Waals surface area contributed by atoms with Crippen LogP contribution in [-0.2, 0) is 11.3 Å². The lowest BCUT2D eigenvalue weighted by Gasteiger charge is -2.25. The average molecular weight is 390 g/mol. The number of aryl methyl sites for hydroxylation is 2. The van der Waals surface area contributed by atoms with Gasteiger partial charge in [0.15, 0.2) is 6.61 Å². The molecule has 150 valence electrons. The van der Waals surface area contributed by atoms with Crippen LogP contribution in [-0.4, -0.2) is 38.5 Å². The summed E-state index contributed by atoms with van der Waals surface area (Å²) in [5.41, 5.74) is 3.31. The van der Waals surface area contributed by atoms with E-state index in [1.807, 2.05) is 54.5 Å². The van der Waals surface area contributed by atoms with E-state index < -0.39 is 0 Å². The predicted octanol–water partition coefficient (Wildman–Crippen LogP) is 3.69. The summed E-state index contributed by atoms with van der Waals surface area (Å²) in [6.07, 6.45) is 7.42. The molecule has 6 nitrogen and oxygen atoms in total. The molecule has 0 aliphatic carbocycles. The maximum absolute atomic E-state index is 12.9. The molecule has 1 atom stereocenters. The number of nitrogens with zero attached hydrogens (tertiary/aromatic N) is 4. The van der Waals surface area contributed by atoms with Crippen molar-refractivity contribution in [1.82, 2.24) is 19.4 Å². The van der Waals surface area contributed by atoms with Crippen LogP contribution in [0.5, 0.6) is 5.75 Å². The lowest BCUT2D eigenvalue weighted by molar-refractivity contribution is -0.134. The SMILES string of the molecule is Cc1cccc(OCC(=O)N2CCCC2c2ncc(C)n2Cc2cccnc2)c1. The minimum Gasteiger partial charge on any atom is -0.484 e. The summed E-state index contributed by atoms with van der Waals surface area (Å²) in [4.78, 5) is 23.7. The maximum Gasteiger partial charge on any atom is 0.261 e. The molecule has 1 aliphatic rings. The first kappa shape index (κ1) is 19.2. The Balaban J connectivity index is 1.49. The largest absolute Gasteiger partial charge is 0.484 e. The summed E-state index contributed by atoms with van der Waals surface area (Å²) in [5, 5.41) is 0. The van der Waals surface area contributed by atoms with Crippen LogP contribution in [0.4, 0.5) is 0 Å². The van der Waals surface area contributed by atoms with Crippen molar-refractivity contribution in [3.63, 3.8) is 0 Å². The van der Waals surface area contributed by atoms with Crippen LogP contribution in [0.15, 0.2) is 55.0 Å². The highest BCUT2D eigenvalue weighted by Crippen LogP contribution is 2.32. The molecular formula is C23H26N4O2. The Morgan fingerprint density at radius 3 is 2.90 bits per heavy atom. The van der Waals surface area contributed by atoms with Gasteiger partial charge < -0.3 is 14.2 Å². The molecule has 6 heteroatoms. The molecule has 0 N–H and O–H groups in total. The highest BCUT2D eigenvalue weighted by atomic mass is 16.5. The van der Waals surface area contributed by atoms with Crippen molar-refractivity contribution in [2.75, 3.05) is 13.2 Å². The Bertz CT molecular complexity index is 984. The van der Waals surface area contributed by atoms with E-state index >= 15 is 0 Å². The van der Waals surface area contributed by atoms with Crippen LogP contribution in [0.2, 0.25) is 0 Å². The molecule has 2 aromatic heterocycles. The van der Waals surface area contributed by atoms with Gasteiger partial charge in [-0.25, -0.2) is 4.98 Å². The van der Waals surface area contributed by atoms with Crippen molar-refractivity contribution in [2.45, 2.75) is 39.3 Å². The average Bonchev–Trinajstić information content (AvgIpc) is 3.34. The fraction of sp³-hybridized carbons (Fsp3) is 0.348. The number of imidazole rings is 1. The first-order chi connectivity index (χ1) is 14.1. The number of hydrogen-bond donors (Lipinski definition) is 0. The molecule has 0 radical (unpaired) electrons. The van der Waals surface area contributed by atoms with Gasteiger partial charge in [0, 0.05) is 30.8 Å². The minimum atomic E-state index is -0.0195. The lowest BCUT2D eigenvalue weighted by Crippen LogP contribution is -2.35. The van der Waals surface area contributed by atoms with Crippen molar-refractivity contribution in [2.24, 2.45) is 0 Å². The third kappa shape index (κ3) is 4.31. The zero-order chi connectivity index (χ0) is 20.2. The number of carbonyl (C=O) groups excluding carboxylic acids is 1. The molecule has 0 bridgehead atoms. The molecule has 1 unspecified atom stereocenters. The number of carbonyl (C=O) groups is 1. The molecular weight excluding hydrogens is 364 g/mol. The maximum atomic E-state index is 12.9. The molecule has 1 saturated heterocycles. The quantitative estimate of drug-likeness (QED) is 0.644. The van der Waals surface area contributed by atoms with Crippen LogP contribution in [0.3, 0.4) is 0 Å². The normalized spacial score (nSPS) is 16.2. The number of ether oxygens (including phenoxy) is 1. The summed E-state index contributed by atoms with van der Waals surface area (Å²) >= 11 is 0. The van der Waals surface area contributed by atoms with E-state index in [1.165, 1.54) is 0 Å². The van der Waals surface area contributed by atoms with Crippen molar-refractivity contribution in [1.29, 1.82) is 0 Å². The van der Waals surface area contributed by atoms with E-state index in [0.29, 0.717) is 6.54 Å².